The van der Waals surface area contributed by atoms with Gasteiger partial charge in [0.1, 0.15) is 28.6 Å². The van der Waals surface area contributed by atoms with Gasteiger partial charge in [0.05, 0.1) is 12.6 Å². The fraction of sp³-hybridized carbons (Fsp3) is 0.214. The van der Waals surface area contributed by atoms with E-state index in [1.807, 2.05) is 80.6 Å². The first-order chi connectivity index (χ1) is 17.0. The second-order valence-corrected chi connectivity index (χ2v) is 8.72. The predicted octanol–water partition coefficient (Wildman–Crippen LogP) is 5.38. The molecule has 2 heterocycles. The lowest BCUT2D eigenvalue weighted by atomic mass is 9.94. The maximum absolute atomic E-state index is 13.4. The van der Waals surface area contributed by atoms with Crippen molar-refractivity contribution < 1.29 is 19.4 Å². The smallest absolute Gasteiger partial charge is 0.273 e. The van der Waals surface area contributed by atoms with Crippen molar-refractivity contribution in [2.45, 2.75) is 19.9 Å². The van der Waals surface area contributed by atoms with Crippen LogP contribution in [0.1, 0.15) is 38.8 Å². The van der Waals surface area contributed by atoms with Crippen LogP contribution >= 0.6 is 0 Å². The second kappa shape index (κ2) is 9.27. The van der Waals surface area contributed by atoms with Crippen molar-refractivity contribution in [3.05, 3.63) is 94.7 Å². The highest BCUT2D eigenvalue weighted by molar-refractivity contribution is 6.00. The normalized spacial score (nSPS) is 14.9. The third kappa shape index (κ3) is 4.15. The van der Waals surface area contributed by atoms with Gasteiger partial charge in [-0.05, 0) is 60.9 Å². The number of hydrogen-bond acceptors (Lipinski definition) is 5. The third-order valence-corrected chi connectivity index (χ3v) is 6.25. The third-order valence-electron chi connectivity index (χ3n) is 6.25. The molecule has 178 valence electrons. The zero-order chi connectivity index (χ0) is 24.5. The summed E-state index contributed by atoms with van der Waals surface area (Å²) < 4.78 is 11.4. The summed E-state index contributed by atoms with van der Waals surface area (Å²) in [6, 6.07) is 20.7. The molecular weight excluding hydrogens is 442 g/mol. The number of phenols is 1. The van der Waals surface area contributed by atoms with Gasteiger partial charge in [-0.1, -0.05) is 36.4 Å². The molecule has 3 aromatic carbocycles. The summed E-state index contributed by atoms with van der Waals surface area (Å²) in [4.78, 5) is 15.2. The molecule has 0 spiro atoms. The van der Waals surface area contributed by atoms with E-state index in [0.717, 1.165) is 28.0 Å². The number of amides is 1. The Bertz CT molecular complexity index is 1380. The van der Waals surface area contributed by atoms with Crippen LogP contribution in [0, 0.1) is 13.8 Å². The number of aromatic hydroxyl groups is 1. The van der Waals surface area contributed by atoms with Gasteiger partial charge in [-0.15, -0.1) is 0 Å². The van der Waals surface area contributed by atoms with Gasteiger partial charge in [-0.25, -0.2) is 0 Å². The molecule has 0 saturated carbocycles. The number of nitrogens with zero attached hydrogens (tertiary/aromatic N) is 2. The van der Waals surface area contributed by atoms with Crippen LogP contribution in [-0.4, -0.2) is 46.4 Å². The minimum atomic E-state index is -0.416. The summed E-state index contributed by atoms with van der Waals surface area (Å²) in [5, 5.41) is 18.3. The van der Waals surface area contributed by atoms with Crippen LogP contribution in [0.4, 0.5) is 0 Å². The number of aromatic nitrogens is 2. The van der Waals surface area contributed by atoms with E-state index in [1.165, 1.54) is 0 Å². The topological polar surface area (TPSA) is 87.7 Å². The average molecular weight is 470 g/mol. The molecule has 1 amide bonds. The number of nitrogens with one attached hydrogen (secondary N) is 1. The van der Waals surface area contributed by atoms with Crippen molar-refractivity contribution >= 4 is 5.91 Å². The molecule has 0 saturated heterocycles. The van der Waals surface area contributed by atoms with Crippen LogP contribution in [0.2, 0.25) is 0 Å². The Labute approximate surface area is 203 Å². The van der Waals surface area contributed by atoms with E-state index >= 15 is 0 Å². The first-order valence-corrected chi connectivity index (χ1v) is 11.5. The van der Waals surface area contributed by atoms with Gasteiger partial charge >= 0.3 is 0 Å². The van der Waals surface area contributed by atoms with E-state index in [-0.39, 0.29) is 11.7 Å². The summed E-state index contributed by atoms with van der Waals surface area (Å²) in [5.74, 6) is 1.40. The van der Waals surface area contributed by atoms with Gasteiger partial charge in [0.2, 0.25) is 0 Å². The van der Waals surface area contributed by atoms with E-state index in [2.05, 4.69) is 10.2 Å². The molecule has 7 heteroatoms. The van der Waals surface area contributed by atoms with Crippen LogP contribution in [0.25, 0.3) is 11.3 Å². The minimum Gasteiger partial charge on any atom is -0.507 e. The number of carbonyl (C=O) groups excluding carboxylic acids is 1. The first kappa shape index (κ1) is 22.7. The number of methoxy groups -OCH3 is 1. The number of fused-ring (bicyclic) bond motifs is 1. The van der Waals surface area contributed by atoms with Crippen molar-refractivity contribution in [3.8, 4) is 28.5 Å². The quantitative estimate of drug-likeness (QED) is 0.379. The number of aromatic amines is 1. The van der Waals surface area contributed by atoms with Crippen LogP contribution in [0.15, 0.2) is 66.7 Å². The van der Waals surface area contributed by atoms with Gasteiger partial charge in [-0.3, -0.25) is 9.89 Å². The molecule has 1 aliphatic rings. The number of para-hydroxylation sites is 1. The molecule has 1 aliphatic heterocycles. The van der Waals surface area contributed by atoms with E-state index in [1.54, 1.807) is 12.0 Å². The fourth-order valence-corrected chi connectivity index (χ4v) is 4.68. The highest BCUT2D eigenvalue weighted by Crippen LogP contribution is 2.45. The molecule has 1 aromatic heterocycles. The molecule has 0 bridgehead atoms. The maximum Gasteiger partial charge on any atom is 0.273 e. The van der Waals surface area contributed by atoms with E-state index < -0.39 is 6.04 Å². The minimum absolute atomic E-state index is 0.154. The Hall–Kier alpha value is -4.10. The summed E-state index contributed by atoms with van der Waals surface area (Å²) in [7, 11) is 1.61. The van der Waals surface area contributed by atoms with Crippen molar-refractivity contribution in [2.24, 2.45) is 0 Å². The second-order valence-electron chi connectivity index (χ2n) is 8.72. The number of benzene rings is 3. The van der Waals surface area contributed by atoms with Crippen LogP contribution in [0.3, 0.4) is 0 Å². The molecule has 1 atom stereocenters. The van der Waals surface area contributed by atoms with E-state index in [9.17, 15) is 9.90 Å². The van der Waals surface area contributed by atoms with Crippen molar-refractivity contribution in [1.29, 1.82) is 0 Å². The zero-order valence-electron chi connectivity index (χ0n) is 19.9. The first-order valence-electron chi connectivity index (χ1n) is 11.5. The summed E-state index contributed by atoms with van der Waals surface area (Å²) >= 11 is 0. The lowest BCUT2D eigenvalue weighted by molar-refractivity contribution is 0.0677. The number of phenolic OH excluding ortho intramolecular Hbond substituents is 1. The number of H-pyrrole nitrogens is 1. The van der Waals surface area contributed by atoms with Crippen molar-refractivity contribution in [2.75, 3.05) is 20.3 Å². The Morgan fingerprint density at radius 2 is 1.80 bits per heavy atom. The highest BCUT2D eigenvalue weighted by Gasteiger charge is 2.42. The van der Waals surface area contributed by atoms with Gasteiger partial charge in [0.25, 0.3) is 5.91 Å². The highest BCUT2D eigenvalue weighted by atomic mass is 16.5. The molecule has 0 radical (unpaired) electrons. The van der Waals surface area contributed by atoms with Gasteiger partial charge < -0.3 is 19.5 Å². The molecule has 4 aromatic rings. The number of ether oxygens (including phenoxy) is 2. The van der Waals surface area contributed by atoms with E-state index in [0.29, 0.717) is 35.9 Å². The standard InChI is InChI=1S/C28H27N3O4/c1-17-14-18(2)27(32)22(15-17)24-23-25(30-29-24)28(33)31(12-13-34-3)26(23)19-8-7-11-21(16-19)35-20-9-5-4-6-10-20/h4-11,14-16,26,32H,12-13H2,1-3H3,(H,29,30). The molecule has 0 aliphatic carbocycles. The monoisotopic (exact) mass is 469 g/mol. The number of aryl methyl sites for hydroxylation is 2. The molecule has 0 fully saturated rings. The maximum atomic E-state index is 13.4. The van der Waals surface area contributed by atoms with Gasteiger partial charge in [-0.2, -0.15) is 5.10 Å². The summed E-state index contributed by atoms with van der Waals surface area (Å²) in [6.07, 6.45) is 0. The molecule has 1 unspecified atom stereocenters. The predicted molar refractivity (Wildman–Crippen MR) is 133 cm³/mol. The molecular formula is C28H27N3O4. The van der Waals surface area contributed by atoms with Gasteiger partial charge in [0, 0.05) is 24.8 Å². The zero-order valence-corrected chi connectivity index (χ0v) is 19.9. The number of rotatable bonds is 7. The van der Waals surface area contributed by atoms with Crippen LogP contribution in [0.5, 0.6) is 17.2 Å². The Morgan fingerprint density at radius 3 is 2.57 bits per heavy atom. The SMILES string of the molecule is COCCN1C(=O)c2[nH]nc(-c3cc(C)cc(C)c3O)c2C1c1cccc(Oc2ccccc2)c1. The Morgan fingerprint density at radius 1 is 1.03 bits per heavy atom. The van der Waals surface area contributed by atoms with Gasteiger partial charge in [0.15, 0.2) is 0 Å². The van der Waals surface area contributed by atoms with Crippen molar-refractivity contribution in [3.63, 3.8) is 0 Å². The lowest BCUT2D eigenvalue weighted by Gasteiger charge is -2.26. The molecule has 5 rings (SSSR count). The van der Waals surface area contributed by atoms with Crippen LogP contribution < -0.4 is 4.74 Å². The van der Waals surface area contributed by atoms with E-state index in [4.69, 9.17) is 9.47 Å². The number of carbonyl (C=O) groups is 1. The largest absolute Gasteiger partial charge is 0.507 e. The molecule has 7 nitrogen and oxygen atoms in total. The number of hydrogen-bond donors (Lipinski definition) is 2. The molecule has 2 N–H and O–H groups in total. The van der Waals surface area contributed by atoms with Crippen molar-refractivity contribution in [1.82, 2.24) is 15.1 Å². The molecule has 35 heavy (non-hydrogen) atoms. The summed E-state index contributed by atoms with van der Waals surface area (Å²) in [6.45, 7) is 4.63. The summed E-state index contributed by atoms with van der Waals surface area (Å²) in [5.41, 5.74) is 4.97. The Kier molecular flexibility index (Phi) is 6.01. The lowest BCUT2D eigenvalue weighted by Crippen LogP contribution is -2.32. The fourth-order valence-electron chi connectivity index (χ4n) is 4.68. The van der Waals surface area contributed by atoms with Crippen LogP contribution in [-0.2, 0) is 4.74 Å². The average Bonchev–Trinajstić information content (AvgIpc) is 3.39. The Balaban J connectivity index is 1.63.